The van der Waals surface area contributed by atoms with Crippen LogP contribution in [0.5, 0.6) is 0 Å². The molecule has 0 aromatic heterocycles. The molecule has 0 aromatic rings. The largest absolute Gasteiger partial charge is 0.324 e. The summed E-state index contributed by atoms with van der Waals surface area (Å²) in [5.41, 5.74) is 6.85. The van der Waals surface area contributed by atoms with Crippen LogP contribution in [-0.2, 0) is 0 Å². The van der Waals surface area contributed by atoms with Crippen LogP contribution >= 0.6 is 0 Å². The van der Waals surface area contributed by atoms with Crippen LogP contribution in [0.15, 0.2) is 0 Å². The minimum absolute atomic E-state index is 0.00365. The Balaban J connectivity index is 2.47. The van der Waals surface area contributed by atoms with Gasteiger partial charge in [0.1, 0.15) is 0 Å². The maximum absolute atomic E-state index is 6.39. The molecule has 2 atom stereocenters. The van der Waals surface area contributed by atoms with Crippen LogP contribution in [0.2, 0.25) is 0 Å². The predicted molar refractivity (Wildman–Crippen MR) is 80.7 cm³/mol. The fraction of sp³-hybridized carbons (Fsp3) is 1.00. The molecule has 0 saturated carbocycles. The number of nitrogens with zero attached hydrogens (tertiary/aromatic N) is 1. The lowest BCUT2D eigenvalue weighted by atomic mass is 9.77. The van der Waals surface area contributed by atoms with Crippen molar-refractivity contribution in [3.63, 3.8) is 0 Å². The lowest BCUT2D eigenvalue weighted by Crippen LogP contribution is -2.48. The van der Waals surface area contributed by atoms with Crippen molar-refractivity contribution in [1.82, 2.24) is 4.90 Å². The number of hydrogen-bond acceptors (Lipinski definition) is 2. The Labute approximate surface area is 114 Å². The van der Waals surface area contributed by atoms with Gasteiger partial charge in [-0.3, -0.25) is 0 Å². The molecular weight excluding hydrogens is 220 g/mol. The SMILES string of the molecule is CCCC(C)(N)CN1CCCC(C(C)(C)C)CC1. The molecule has 2 nitrogen and oxygen atoms in total. The molecular formula is C16H34N2. The number of rotatable bonds is 4. The summed E-state index contributed by atoms with van der Waals surface area (Å²) < 4.78 is 0. The van der Waals surface area contributed by atoms with Gasteiger partial charge in [0, 0.05) is 12.1 Å². The standard InChI is InChI=1S/C16H34N2/c1-6-10-16(5,17)13-18-11-7-8-14(9-12-18)15(2,3)4/h14H,6-13,17H2,1-5H3. The summed E-state index contributed by atoms with van der Waals surface area (Å²) in [6.45, 7) is 15.1. The second-order valence-electron chi connectivity index (χ2n) is 7.67. The Bertz CT molecular complexity index is 240. The molecule has 2 unspecified atom stereocenters. The van der Waals surface area contributed by atoms with Gasteiger partial charge in [0.25, 0.3) is 0 Å². The van der Waals surface area contributed by atoms with Crippen molar-refractivity contribution in [2.75, 3.05) is 19.6 Å². The summed E-state index contributed by atoms with van der Waals surface area (Å²) in [5.74, 6) is 0.873. The van der Waals surface area contributed by atoms with Gasteiger partial charge < -0.3 is 10.6 Å². The summed E-state index contributed by atoms with van der Waals surface area (Å²) in [7, 11) is 0. The van der Waals surface area contributed by atoms with Crippen LogP contribution < -0.4 is 5.73 Å². The Kier molecular flexibility index (Phi) is 5.67. The second-order valence-corrected chi connectivity index (χ2v) is 7.67. The Morgan fingerprint density at radius 1 is 1.11 bits per heavy atom. The van der Waals surface area contributed by atoms with Crippen LogP contribution in [-0.4, -0.2) is 30.1 Å². The van der Waals surface area contributed by atoms with Crippen molar-refractivity contribution in [2.24, 2.45) is 17.1 Å². The Morgan fingerprint density at radius 2 is 1.78 bits per heavy atom. The molecule has 1 aliphatic heterocycles. The quantitative estimate of drug-likeness (QED) is 0.829. The van der Waals surface area contributed by atoms with Gasteiger partial charge >= 0.3 is 0 Å². The second kappa shape index (κ2) is 6.38. The molecule has 1 aliphatic rings. The van der Waals surface area contributed by atoms with E-state index < -0.39 is 0 Å². The molecule has 0 bridgehead atoms. The van der Waals surface area contributed by atoms with Crippen LogP contribution in [0.4, 0.5) is 0 Å². The topological polar surface area (TPSA) is 29.3 Å². The summed E-state index contributed by atoms with van der Waals surface area (Å²) in [5, 5.41) is 0. The first-order valence-corrected chi connectivity index (χ1v) is 7.76. The van der Waals surface area contributed by atoms with Gasteiger partial charge in [-0.15, -0.1) is 0 Å². The van der Waals surface area contributed by atoms with Crippen molar-refractivity contribution < 1.29 is 0 Å². The molecule has 18 heavy (non-hydrogen) atoms. The minimum atomic E-state index is -0.00365. The first-order chi connectivity index (χ1) is 8.24. The molecule has 1 rings (SSSR count). The van der Waals surface area contributed by atoms with Crippen molar-refractivity contribution in [2.45, 2.75) is 72.3 Å². The fourth-order valence-corrected chi connectivity index (χ4v) is 3.34. The molecule has 108 valence electrons. The third kappa shape index (κ3) is 5.27. The van der Waals surface area contributed by atoms with Crippen molar-refractivity contribution in [3.8, 4) is 0 Å². The molecule has 1 fully saturated rings. The lowest BCUT2D eigenvalue weighted by molar-refractivity contribution is 0.191. The summed E-state index contributed by atoms with van der Waals surface area (Å²) >= 11 is 0. The number of nitrogens with two attached hydrogens (primary N) is 1. The zero-order valence-electron chi connectivity index (χ0n) is 13.3. The van der Waals surface area contributed by atoms with Gasteiger partial charge in [-0.2, -0.15) is 0 Å². The third-order valence-corrected chi connectivity index (χ3v) is 4.45. The molecule has 0 spiro atoms. The molecule has 0 aromatic carbocycles. The van der Waals surface area contributed by atoms with E-state index in [1.165, 1.54) is 38.8 Å². The maximum atomic E-state index is 6.39. The highest BCUT2D eigenvalue weighted by Crippen LogP contribution is 2.34. The average molecular weight is 254 g/mol. The molecule has 0 radical (unpaired) electrons. The predicted octanol–water partition coefficient (Wildman–Crippen LogP) is 3.65. The normalized spacial score (nSPS) is 26.7. The summed E-state index contributed by atoms with van der Waals surface area (Å²) in [4.78, 5) is 2.60. The lowest BCUT2D eigenvalue weighted by Gasteiger charge is -2.32. The molecule has 0 aliphatic carbocycles. The van der Waals surface area contributed by atoms with Crippen molar-refractivity contribution in [3.05, 3.63) is 0 Å². The van der Waals surface area contributed by atoms with Gasteiger partial charge in [-0.25, -0.2) is 0 Å². The first kappa shape index (κ1) is 16.0. The molecule has 2 heteroatoms. The Morgan fingerprint density at radius 3 is 2.33 bits per heavy atom. The highest BCUT2D eigenvalue weighted by molar-refractivity contribution is 4.85. The number of likely N-dealkylation sites (tertiary alicyclic amines) is 1. The van der Waals surface area contributed by atoms with E-state index in [1.54, 1.807) is 0 Å². The molecule has 1 saturated heterocycles. The highest BCUT2D eigenvalue weighted by Gasteiger charge is 2.29. The van der Waals surface area contributed by atoms with Gasteiger partial charge in [0.2, 0.25) is 0 Å². The highest BCUT2D eigenvalue weighted by atomic mass is 15.1. The van der Waals surface area contributed by atoms with Gasteiger partial charge in [-0.1, -0.05) is 34.1 Å². The van der Waals surface area contributed by atoms with Gasteiger partial charge in [0.15, 0.2) is 0 Å². The maximum Gasteiger partial charge on any atom is 0.0254 e. The van der Waals surface area contributed by atoms with E-state index >= 15 is 0 Å². The van der Waals surface area contributed by atoms with Crippen LogP contribution in [0, 0.1) is 11.3 Å². The van der Waals surface area contributed by atoms with Gasteiger partial charge in [-0.05, 0) is 57.0 Å². The average Bonchev–Trinajstić information content (AvgIpc) is 2.41. The van der Waals surface area contributed by atoms with Crippen molar-refractivity contribution >= 4 is 0 Å². The molecule has 1 heterocycles. The molecule has 0 amide bonds. The van der Waals surface area contributed by atoms with Gasteiger partial charge in [0.05, 0.1) is 0 Å². The number of hydrogen-bond donors (Lipinski definition) is 1. The van der Waals surface area contributed by atoms with Crippen LogP contribution in [0.25, 0.3) is 0 Å². The zero-order valence-corrected chi connectivity index (χ0v) is 13.3. The summed E-state index contributed by atoms with van der Waals surface area (Å²) in [6, 6.07) is 0. The summed E-state index contributed by atoms with van der Waals surface area (Å²) in [6.07, 6.45) is 6.38. The third-order valence-electron chi connectivity index (χ3n) is 4.45. The monoisotopic (exact) mass is 254 g/mol. The Hall–Kier alpha value is -0.0800. The smallest absolute Gasteiger partial charge is 0.0254 e. The van der Waals surface area contributed by atoms with E-state index in [1.807, 2.05) is 0 Å². The van der Waals surface area contributed by atoms with E-state index in [-0.39, 0.29) is 5.54 Å². The van der Waals surface area contributed by atoms with Crippen molar-refractivity contribution in [1.29, 1.82) is 0 Å². The van der Waals surface area contributed by atoms with Crippen LogP contribution in [0.3, 0.4) is 0 Å². The van der Waals surface area contributed by atoms with E-state index in [9.17, 15) is 0 Å². The first-order valence-electron chi connectivity index (χ1n) is 7.76. The van der Waals surface area contributed by atoms with Crippen LogP contribution in [0.1, 0.15) is 66.7 Å². The minimum Gasteiger partial charge on any atom is -0.324 e. The van der Waals surface area contributed by atoms with E-state index in [4.69, 9.17) is 5.73 Å². The van der Waals surface area contributed by atoms with E-state index in [2.05, 4.69) is 39.5 Å². The zero-order chi connectivity index (χ0) is 13.8. The molecule has 2 N–H and O–H groups in total. The fourth-order valence-electron chi connectivity index (χ4n) is 3.34. The van der Waals surface area contributed by atoms with E-state index in [0.717, 1.165) is 18.9 Å². The van der Waals surface area contributed by atoms with E-state index in [0.29, 0.717) is 5.41 Å².